The second-order valence-corrected chi connectivity index (χ2v) is 3.17. The fourth-order valence-electron chi connectivity index (χ4n) is 1.25. The van der Waals surface area contributed by atoms with Crippen LogP contribution in [0.4, 0.5) is 11.4 Å². The molecule has 14 heavy (non-hydrogen) atoms. The summed E-state index contributed by atoms with van der Waals surface area (Å²) < 4.78 is 5.03. The van der Waals surface area contributed by atoms with Crippen molar-refractivity contribution in [3.8, 4) is 0 Å². The van der Waals surface area contributed by atoms with E-state index < -0.39 is 6.23 Å². The fourth-order valence-corrected chi connectivity index (χ4v) is 1.25. The highest BCUT2D eigenvalue weighted by molar-refractivity contribution is 5.58. The van der Waals surface area contributed by atoms with E-state index in [0.717, 1.165) is 11.3 Å². The van der Waals surface area contributed by atoms with Crippen LogP contribution in [0.15, 0.2) is 18.2 Å². The molecule has 1 aromatic rings. The molecule has 0 aliphatic heterocycles. The van der Waals surface area contributed by atoms with Crippen LogP contribution in [-0.2, 0) is 11.3 Å². The number of rotatable bonds is 4. The van der Waals surface area contributed by atoms with Crippen LogP contribution in [0.1, 0.15) is 12.5 Å². The molecule has 1 aromatic carbocycles. The molecule has 4 nitrogen and oxygen atoms in total. The Hall–Kier alpha value is -1.26. The van der Waals surface area contributed by atoms with Gasteiger partial charge in [0, 0.05) is 24.0 Å². The third-order valence-electron chi connectivity index (χ3n) is 1.79. The Morgan fingerprint density at radius 2 is 2.29 bits per heavy atom. The molecule has 0 aromatic heterocycles. The van der Waals surface area contributed by atoms with Crippen LogP contribution < -0.4 is 11.1 Å². The molecule has 0 saturated carbocycles. The minimum Gasteiger partial charge on any atom is -0.399 e. The van der Waals surface area contributed by atoms with E-state index in [4.69, 9.17) is 10.5 Å². The number of ether oxygens (including phenoxy) is 1. The molecular formula is C10H16N2O2. The van der Waals surface area contributed by atoms with Gasteiger partial charge in [-0.05, 0) is 25.1 Å². The largest absolute Gasteiger partial charge is 0.399 e. The molecule has 0 heterocycles. The molecule has 0 aliphatic rings. The lowest BCUT2D eigenvalue weighted by atomic mass is 10.1. The summed E-state index contributed by atoms with van der Waals surface area (Å²) in [5.41, 5.74) is 8.11. The van der Waals surface area contributed by atoms with Crippen molar-refractivity contribution in [2.24, 2.45) is 0 Å². The lowest BCUT2D eigenvalue weighted by Gasteiger charge is -2.14. The normalized spacial score (nSPS) is 12.5. The summed E-state index contributed by atoms with van der Waals surface area (Å²) >= 11 is 0. The van der Waals surface area contributed by atoms with Crippen LogP contribution in [-0.4, -0.2) is 18.4 Å². The number of nitrogens with one attached hydrogen (secondary N) is 1. The summed E-state index contributed by atoms with van der Waals surface area (Å²) in [7, 11) is 1.62. The van der Waals surface area contributed by atoms with Crippen molar-refractivity contribution in [3.05, 3.63) is 23.8 Å². The predicted octanol–water partition coefficient (Wildman–Crippen LogP) is 1.17. The van der Waals surface area contributed by atoms with E-state index in [0.29, 0.717) is 12.3 Å². The Bertz CT molecular complexity index is 300. The van der Waals surface area contributed by atoms with Gasteiger partial charge in [0.25, 0.3) is 0 Å². The van der Waals surface area contributed by atoms with Gasteiger partial charge in [0.2, 0.25) is 0 Å². The van der Waals surface area contributed by atoms with Gasteiger partial charge in [0.1, 0.15) is 6.23 Å². The first-order valence-corrected chi connectivity index (χ1v) is 4.45. The van der Waals surface area contributed by atoms with Crippen LogP contribution in [0.25, 0.3) is 0 Å². The highest BCUT2D eigenvalue weighted by Gasteiger charge is 2.04. The highest BCUT2D eigenvalue weighted by Crippen LogP contribution is 2.20. The smallest absolute Gasteiger partial charge is 0.121 e. The van der Waals surface area contributed by atoms with Gasteiger partial charge in [0.15, 0.2) is 0 Å². The highest BCUT2D eigenvalue weighted by atomic mass is 16.5. The number of methoxy groups -OCH3 is 1. The van der Waals surface area contributed by atoms with Crippen molar-refractivity contribution < 1.29 is 9.84 Å². The fraction of sp³-hybridized carbons (Fsp3) is 0.400. The van der Waals surface area contributed by atoms with Gasteiger partial charge in [-0.15, -0.1) is 0 Å². The quantitative estimate of drug-likeness (QED) is 0.499. The Kier molecular flexibility index (Phi) is 3.73. The molecule has 0 radical (unpaired) electrons. The summed E-state index contributed by atoms with van der Waals surface area (Å²) in [5, 5.41) is 12.1. The minimum atomic E-state index is -0.589. The van der Waals surface area contributed by atoms with Crippen LogP contribution in [0.2, 0.25) is 0 Å². The molecule has 0 spiro atoms. The molecule has 0 saturated heterocycles. The van der Waals surface area contributed by atoms with Crippen LogP contribution in [0.5, 0.6) is 0 Å². The Morgan fingerprint density at radius 1 is 1.57 bits per heavy atom. The number of aliphatic hydroxyl groups is 1. The maximum atomic E-state index is 9.18. The standard InChI is InChI=1S/C10H16N2O2/c1-7(13)12-10-4-3-9(11)5-8(10)6-14-2/h3-5,7,12-13H,6,11H2,1-2H3. The summed E-state index contributed by atoms with van der Waals surface area (Å²) in [4.78, 5) is 0. The maximum Gasteiger partial charge on any atom is 0.121 e. The first-order chi connectivity index (χ1) is 6.63. The first kappa shape index (κ1) is 10.8. The van der Waals surface area contributed by atoms with Gasteiger partial charge in [-0.1, -0.05) is 0 Å². The third kappa shape index (κ3) is 2.90. The molecule has 0 bridgehead atoms. The van der Waals surface area contributed by atoms with Crippen molar-refractivity contribution in [1.29, 1.82) is 0 Å². The van der Waals surface area contributed by atoms with Gasteiger partial charge in [-0.3, -0.25) is 0 Å². The topological polar surface area (TPSA) is 67.5 Å². The van der Waals surface area contributed by atoms with E-state index in [-0.39, 0.29) is 0 Å². The van der Waals surface area contributed by atoms with E-state index in [1.54, 1.807) is 20.1 Å². The van der Waals surface area contributed by atoms with Crippen LogP contribution in [0, 0.1) is 0 Å². The molecule has 78 valence electrons. The van der Waals surface area contributed by atoms with Crippen LogP contribution in [0.3, 0.4) is 0 Å². The van der Waals surface area contributed by atoms with E-state index >= 15 is 0 Å². The molecular weight excluding hydrogens is 180 g/mol. The van der Waals surface area contributed by atoms with E-state index in [1.807, 2.05) is 12.1 Å². The average Bonchev–Trinajstić information content (AvgIpc) is 2.09. The number of aliphatic hydroxyl groups excluding tert-OH is 1. The number of hydrogen-bond donors (Lipinski definition) is 3. The summed E-state index contributed by atoms with van der Waals surface area (Å²) in [6.07, 6.45) is -0.589. The average molecular weight is 196 g/mol. The first-order valence-electron chi connectivity index (χ1n) is 4.45. The molecule has 1 unspecified atom stereocenters. The molecule has 1 rings (SSSR count). The molecule has 4 heteroatoms. The lowest BCUT2D eigenvalue weighted by molar-refractivity contribution is 0.184. The molecule has 4 N–H and O–H groups in total. The van der Waals surface area contributed by atoms with E-state index in [1.165, 1.54) is 0 Å². The third-order valence-corrected chi connectivity index (χ3v) is 1.79. The van der Waals surface area contributed by atoms with Crippen LogP contribution >= 0.6 is 0 Å². The van der Waals surface area contributed by atoms with Gasteiger partial charge in [-0.25, -0.2) is 0 Å². The Labute approximate surface area is 83.7 Å². The van der Waals surface area contributed by atoms with Gasteiger partial charge in [-0.2, -0.15) is 0 Å². The maximum absolute atomic E-state index is 9.18. The number of benzene rings is 1. The second-order valence-electron chi connectivity index (χ2n) is 3.17. The SMILES string of the molecule is COCc1cc(N)ccc1NC(C)O. The zero-order valence-corrected chi connectivity index (χ0v) is 8.45. The van der Waals surface area contributed by atoms with Crippen molar-refractivity contribution in [2.75, 3.05) is 18.2 Å². The Balaban J connectivity index is 2.89. The number of anilines is 2. The summed E-state index contributed by atoms with van der Waals surface area (Å²) in [6.45, 7) is 2.13. The molecule has 0 amide bonds. The van der Waals surface area contributed by atoms with E-state index in [9.17, 15) is 5.11 Å². The second kappa shape index (κ2) is 4.83. The molecule has 0 aliphatic carbocycles. The molecule has 0 fully saturated rings. The van der Waals surface area contributed by atoms with Gasteiger partial charge < -0.3 is 20.9 Å². The van der Waals surface area contributed by atoms with E-state index in [2.05, 4.69) is 5.32 Å². The number of nitrogen functional groups attached to an aromatic ring is 1. The predicted molar refractivity (Wildman–Crippen MR) is 56.9 cm³/mol. The zero-order valence-electron chi connectivity index (χ0n) is 8.45. The van der Waals surface area contributed by atoms with Gasteiger partial charge in [0.05, 0.1) is 6.61 Å². The Morgan fingerprint density at radius 3 is 2.86 bits per heavy atom. The van der Waals surface area contributed by atoms with Crippen molar-refractivity contribution in [3.63, 3.8) is 0 Å². The van der Waals surface area contributed by atoms with Crippen molar-refractivity contribution in [2.45, 2.75) is 19.8 Å². The lowest BCUT2D eigenvalue weighted by Crippen LogP contribution is -2.15. The number of hydrogen-bond acceptors (Lipinski definition) is 4. The van der Waals surface area contributed by atoms with Crippen molar-refractivity contribution in [1.82, 2.24) is 0 Å². The zero-order chi connectivity index (χ0) is 10.6. The summed E-state index contributed by atoms with van der Waals surface area (Å²) in [6, 6.07) is 5.44. The minimum absolute atomic E-state index is 0.472. The number of nitrogens with two attached hydrogens (primary N) is 1. The molecule has 1 atom stereocenters. The monoisotopic (exact) mass is 196 g/mol. The van der Waals surface area contributed by atoms with Gasteiger partial charge >= 0.3 is 0 Å². The summed E-state index contributed by atoms with van der Waals surface area (Å²) in [5.74, 6) is 0. The van der Waals surface area contributed by atoms with Crippen molar-refractivity contribution >= 4 is 11.4 Å².